The first-order valence-electron chi connectivity index (χ1n) is 18.9. The Bertz CT molecular complexity index is 2240. The zero-order chi connectivity index (χ0) is 44.1. The van der Waals surface area contributed by atoms with Crippen LogP contribution in [0.1, 0.15) is 71.0 Å². The van der Waals surface area contributed by atoms with Crippen LogP contribution < -0.4 is 15.4 Å². The summed E-state index contributed by atoms with van der Waals surface area (Å²) in [4.78, 5) is 60.6. The van der Waals surface area contributed by atoms with Gasteiger partial charge in [0.1, 0.15) is 11.8 Å². The third kappa shape index (κ3) is 12.3. The van der Waals surface area contributed by atoms with E-state index in [1.54, 1.807) is 26.2 Å². The average molecular weight is 865 g/mol. The van der Waals surface area contributed by atoms with Crippen LogP contribution in [0.5, 0.6) is 5.75 Å². The van der Waals surface area contributed by atoms with E-state index >= 15 is 0 Å². The summed E-state index contributed by atoms with van der Waals surface area (Å²) < 4.78 is 5.58. The fourth-order valence-electron chi connectivity index (χ4n) is 7.02. The molecule has 0 bridgehead atoms. The largest absolute Gasteiger partial charge is 0.495 e. The van der Waals surface area contributed by atoms with Crippen LogP contribution in [0.3, 0.4) is 0 Å². The lowest BCUT2D eigenvalue weighted by Crippen LogP contribution is -2.42. The minimum absolute atomic E-state index is 0.0372. The molecule has 6 N–H and O–H groups in total. The molecule has 0 aromatic heterocycles. The number of urea groups is 1. The second kappa shape index (κ2) is 21.4. The van der Waals surface area contributed by atoms with Gasteiger partial charge < -0.3 is 45.6 Å². The van der Waals surface area contributed by atoms with E-state index in [0.717, 1.165) is 60.9 Å². The lowest BCUT2D eigenvalue weighted by Gasteiger charge is -2.34. The van der Waals surface area contributed by atoms with Gasteiger partial charge in [-0.2, -0.15) is 5.26 Å². The number of methoxy groups -OCH3 is 1. The lowest BCUT2D eigenvalue weighted by molar-refractivity contribution is -0.170. The van der Waals surface area contributed by atoms with Gasteiger partial charge in [-0.3, -0.25) is 14.4 Å². The number of anilines is 1. The van der Waals surface area contributed by atoms with E-state index in [1.807, 2.05) is 54.6 Å². The fraction of sp³-hybridized carbons (Fsp3) is 0.349. The van der Waals surface area contributed by atoms with Crippen molar-refractivity contribution in [2.75, 3.05) is 52.7 Å². The highest BCUT2D eigenvalue weighted by Crippen LogP contribution is 2.35. The number of para-hydroxylation sites is 1. The highest BCUT2D eigenvalue weighted by Gasteiger charge is 2.40. The smallest absolute Gasteiger partial charge is 0.336 e. The molecule has 1 heterocycles. The fourth-order valence-corrected chi connectivity index (χ4v) is 7.33. The van der Waals surface area contributed by atoms with Gasteiger partial charge in [-0.1, -0.05) is 71.7 Å². The maximum atomic E-state index is 13.8. The summed E-state index contributed by atoms with van der Waals surface area (Å²) >= 11 is 12.7. The van der Waals surface area contributed by atoms with Gasteiger partial charge in [-0.25, -0.2) is 9.59 Å². The number of hydrogen-bond donors (Lipinski definition) is 6. The van der Waals surface area contributed by atoms with Crippen LogP contribution in [0, 0.1) is 11.3 Å². The van der Waals surface area contributed by atoms with Gasteiger partial charge in [-0.15, -0.1) is 0 Å². The number of amides is 3. The van der Waals surface area contributed by atoms with Gasteiger partial charge in [0.2, 0.25) is 0 Å². The van der Waals surface area contributed by atoms with Crippen LogP contribution >= 0.6 is 23.2 Å². The number of carboxylic acid groups (broad SMARTS) is 3. The maximum Gasteiger partial charge on any atom is 0.336 e. The van der Waals surface area contributed by atoms with Crippen molar-refractivity contribution < 1.29 is 49.1 Å². The molecule has 4 aromatic rings. The molecule has 15 nitrogen and oxygen atoms in total. The van der Waals surface area contributed by atoms with Crippen molar-refractivity contribution in [3.63, 3.8) is 0 Å². The average Bonchev–Trinajstić information content (AvgIpc) is 3.21. The van der Waals surface area contributed by atoms with E-state index in [9.17, 15) is 29.2 Å². The van der Waals surface area contributed by atoms with Gasteiger partial charge in [0.05, 0.1) is 41.1 Å². The molecule has 17 heteroatoms. The number of piperidine rings is 1. The molecule has 1 aliphatic rings. The Hall–Kier alpha value is -5.92. The van der Waals surface area contributed by atoms with E-state index < -0.39 is 36.4 Å². The molecule has 3 amide bonds. The molecule has 0 spiro atoms. The molecular formula is C43H47Cl2N5O10. The Balaban J connectivity index is 0.000000526. The molecule has 60 heavy (non-hydrogen) atoms. The van der Waals surface area contributed by atoms with E-state index in [2.05, 4.69) is 27.7 Å². The molecule has 1 saturated heterocycles. The minimum atomic E-state index is -2.74. The van der Waals surface area contributed by atoms with Gasteiger partial charge in [0.15, 0.2) is 5.60 Å². The molecular weight excluding hydrogens is 817 g/mol. The number of carbonyl (C=O) groups is 5. The Morgan fingerprint density at radius 3 is 2.15 bits per heavy atom. The van der Waals surface area contributed by atoms with Gasteiger partial charge >= 0.3 is 23.9 Å². The molecule has 1 fully saturated rings. The quantitative estimate of drug-likeness (QED) is 0.0738. The third-order valence-electron chi connectivity index (χ3n) is 10.2. The van der Waals surface area contributed by atoms with Crippen molar-refractivity contribution in [1.29, 1.82) is 5.26 Å². The Kier molecular flexibility index (Phi) is 16.7. The number of likely N-dealkylation sites (tertiary alicyclic amines) is 1. The van der Waals surface area contributed by atoms with Crippen LogP contribution in [0.2, 0.25) is 10.0 Å². The zero-order valence-corrected chi connectivity index (χ0v) is 34.8. The first kappa shape index (κ1) is 46.8. The van der Waals surface area contributed by atoms with Crippen molar-refractivity contribution >= 4 is 69.5 Å². The SMILES string of the molecule is COc1c(C#N)cc2ccccc2c1C(=O)NCC(CCN1CCC(c2ccccc2NC(=O)N(C)C)CC1)c1ccc(Cl)c(Cl)c1.O=C(O)CC(O)(CC(=O)O)C(=O)O. The van der Waals surface area contributed by atoms with Crippen LogP contribution in [0.4, 0.5) is 10.5 Å². The molecule has 1 unspecified atom stereocenters. The van der Waals surface area contributed by atoms with Gasteiger partial charge in [-0.05, 0) is 91.0 Å². The number of carbonyl (C=O) groups excluding carboxylic acids is 2. The summed E-state index contributed by atoms with van der Waals surface area (Å²) in [5, 5.41) is 52.2. The molecule has 0 radical (unpaired) electrons. The second-order valence-corrected chi connectivity index (χ2v) is 15.4. The number of aliphatic carboxylic acids is 3. The topological polar surface area (TPSA) is 230 Å². The number of carboxylic acids is 3. The number of nitrogens with zero attached hydrogens (tertiary/aromatic N) is 3. The van der Waals surface area contributed by atoms with E-state index in [4.69, 9.17) is 48.4 Å². The second-order valence-electron chi connectivity index (χ2n) is 14.5. The summed E-state index contributed by atoms with van der Waals surface area (Å²) in [6.07, 6.45) is 0.452. The number of fused-ring (bicyclic) bond motifs is 1. The highest BCUT2D eigenvalue weighted by atomic mass is 35.5. The number of ether oxygens (including phenoxy) is 1. The van der Waals surface area contributed by atoms with Crippen LogP contribution in [0.15, 0.2) is 72.8 Å². The van der Waals surface area contributed by atoms with Crippen molar-refractivity contribution in [1.82, 2.24) is 15.1 Å². The van der Waals surface area contributed by atoms with Crippen molar-refractivity contribution in [2.24, 2.45) is 0 Å². The Labute approximate surface area is 357 Å². The molecule has 4 aromatic carbocycles. The number of nitriles is 1. The number of rotatable bonds is 15. The van der Waals surface area contributed by atoms with E-state index in [0.29, 0.717) is 33.6 Å². The Morgan fingerprint density at radius 2 is 1.57 bits per heavy atom. The summed E-state index contributed by atoms with van der Waals surface area (Å²) in [6, 6.07) is 24.9. The summed E-state index contributed by atoms with van der Waals surface area (Å²) in [5.41, 5.74) is 0.940. The first-order chi connectivity index (χ1) is 28.5. The summed E-state index contributed by atoms with van der Waals surface area (Å²) in [6.45, 7) is 3.04. The zero-order valence-electron chi connectivity index (χ0n) is 33.3. The third-order valence-corrected chi connectivity index (χ3v) is 10.9. The minimum Gasteiger partial charge on any atom is -0.495 e. The Morgan fingerprint density at radius 1 is 0.933 bits per heavy atom. The van der Waals surface area contributed by atoms with E-state index in [-0.39, 0.29) is 23.6 Å². The first-order valence-corrected chi connectivity index (χ1v) is 19.6. The molecule has 1 aliphatic heterocycles. The monoisotopic (exact) mass is 863 g/mol. The number of halogens is 2. The molecule has 5 rings (SSSR count). The summed E-state index contributed by atoms with van der Waals surface area (Å²) in [7, 11) is 4.94. The normalized spacial score (nSPS) is 13.6. The van der Waals surface area contributed by atoms with Crippen LogP contribution in [0.25, 0.3) is 10.8 Å². The standard InChI is InChI=1S/C37H39Cl2N5O3.C6H8O7/c1-43(2)37(46)42-33-11-7-6-9-29(33)24-14-17-44(18-15-24)19-16-27(25-12-13-31(38)32(39)21-25)23-41-36(45)34-30-10-5-4-8-26(30)20-28(22-40)35(34)47-3;7-3(8)1-6(13,5(11)12)2-4(9)10/h4-13,20-21,24,27H,14-19,23H2,1-3H3,(H,41,45)(H,42,46);13H,1-2H2,(H,7,8)(H,9,10)(H,11,12). The molecule has 0 saturated carbocycles. The highest BCUT2D eigenvalue weighted by molar-refractivity contribution is 6.42. The number of aliphatic hydroxyl groups is 1. The van der Waals surface area contributed by atoms with Crippen molar-refractivity contribution in [3.05, 3.63) is 105 Å². The number of nitrogens with one attached hydrogen (secondary N) is 2. The van der Waals surface area contributed by atoms with Crippen LogP contribution in [-0.2, 0) is 14.4 Å². The summed E-state index contributed by atoms with van der Waals surface area (Å²) in [5.74, 6) is -4.75. The number of benzene rings is 4. The predicted octanol–water partition coefficient (Wildman–Crippen LogP) is 6.66. The maximum absolute atomic E-state index is 13.8. The van der Waals surface area contributed by atoms with E-state index in [1.165, 1.54) is 17.6 Å². The van der Waals surface area contributed by atoms with Crippen LogP contribution in [-0.4, -0.2) is 113 Å². The molecule has 318 valence electrons. The number of hydrogen-bond acceptors (Lipinski definition) is 9. The molecule has 0 aliphatic carbocycles. The van der Waals surface area contributed by atoms with Crippen molar-refractivity contribution in [3.8, 4) is 11.8 Å². The lowest BCUT2D eigenvalue weighted by atomic mass is 9.87. The van der Waals surface area contributed by atoms with Gasteiger partial charge in [0.25, 0.3) is 5.91 Å². The predicted molar refractivity (Wildman–Crippen MR) is 226 cm³/mol. The van der Waals surface area contributed by atoms with Gasteiger partial charge in [0, 0.05) is 32.2 Å². The molecule has 1 atom stereocenters. The van der Waals surface area contributed by atoms with Crippen molar-refractivity contribution in [2.45, 2.75) is 49.5 Å².